The number of hydrogen-bond donors (Lipinski definition) is 1. The highest BCUT2D eigenvalue weighted by Crippen LogP contribution is 2.37. The quantitative estimate of drug-likeness (QED) is 0.654. The van der Waals surface area contributed by atoms with Gasteiger partial charge >= 0.3 is 0 Å². The highest BCUT2D eigenvalue weighted by Gasteiger charge is 2.19. The predicted molar refractivity (Wildman–Crippen MR) is 107 cm³/mol. The third kappa shape index (κ3) is 4.06. The zero-order chi connectivity index (χ0) is 19.7. The fraction of sp³-hybridized carbons (Fsp3) is 0.222. The minimum absolute atomic E-state index is 0.135. The molecule has 7 nitrogen and oxygen atoms in total. The van der Waals surface area contributed by atoms with Crippen LogP contribution in [0.4, 0.5) is 5.13 Å². The monoisotopic (exact) mass is 438 g/mol. The van der Waals surface area contributed by atoms with Gasteiger partial charge < -0.3 is 14.8 Å². The zero-order valence-corrected chi connectivity index (χ0v) is 16.9. The van der Waals surface area contributed by atoms with Crippen LogP contribution in [0.5, 0.6) is 11.5 Å². The lowest BCUT2D eigenvalue weighted by atomic mass is 10.3. The van der Waals surface area contributed by atoms with Gasteiger partial charge in [-0.05, 0) is 24.3 Å². The summed E-state index contributed by atoms with van der Waals surface area (Å²) < 4.78 is 36.6. The molecule has 1 aliphatic rings. The lowest BCUT2D eigenvalue weighted by Gasteiger charge is -2.17. The molecule has 0 atom stereocenters. The molecule has 0 saturated carbocycles. The van der Waals surface area contributed by atoms with E-state index in [4.69, 9.17) is 21.1 Å². The van der Waals surface area contributed by atoms with Gasteiger partial charge in [0.05, 0.1) is 20.9 Å². The summed E-state index contributed by atoms with van der Waals surface area (Å²) in [5.41, 5.74) is 0.679. The minimum atomic E-state index is -3.57. The first-order valence-electron chi connectivity index (χ1n) is 8.39. The summed E-state index contributed by atoms with van der Waals surface area (Å²) in [4.78, 5) is 16.7. The molecule has 3 aromatic rings. The summed E-state index contributed by atoms with van der Waals surface area (Å²) in [7, 11) is -3.57. The molecule has 0 saturated heterocycles. The van der Waals surface area contributed by atoms with Crippen molar-refractivity contribution in [2.24, 2.45) is 0 Å². The molecule has 0 spiro atoms. The van der Waals surface area contributed by atoms with Crippen molar-refractivity contribution >= 4 is 54.0 Å². The Morgan fingerprint density at radius 3 is 2.54 bits per heavy atom. The largest absolute Gasteiger partial charge is 0.486 e. The Labute approximate surface area is 170 Å². The van der Waals surface area contributed by atoms with E-state index in [-0.39, 0.29) is 17.1 Å². The molecule has 1 aromatic heterocycles. The average Bonchev–Trinajstić information content (AvgIpc) is 3.05. The highest BCUT2D eigenvalue weighted by molar-refractivity contribution is 7.91. The van der Waals surface area contributed by atoms with E-state index in [0.717, 1.165) is 4.70 Å². The summed E-state index contributed by atoms with van der Waals surface area (Å²) in [5, 5.41) is 3.50. The van der Waals surface area contributed by atoms with E-state index in [1.54, 1.807) is 6.07 Å². The van der Waals surface area contributed by atoms with Crippen LogP contribution in [0.2, 0.25) is 5.02 Å². The summed E-state index contributed by atoms with van der Waals surface area (Å²) in [6, 6.07) is 9.44. The summed E-state index contributed by atoms with van der Waals surface area (Å²) >= 11 is 7.06. The van der Waals surface area contributed by atoms with Crippen LogP contribution in [0.1, 0.15) is 6.42 Å². The fourth-order valence-electron chi connectivity index (χ4n) is 2.69. The lowest BCUT2D eigenvalue weighted by Crippen LogP contribution is -2.17. The maximum absolute atomic E-state index is 12.3. The van der Waals surface area contributed by atoms with Gasteiger partial charge in [0.1, 0.15) is 13.2 Å². The number of nitrogens with one attached hydrogen (secondary N) is 1. The maximum atomic E-state index is 12.3. The van der Waals surface area contributed by atoms with Crippen LogP contribution < -0.4 is 14.8 Å². The summed E-state index contributed by atoms with van der Waals surface area (Å²) in [5.74, 6) is 0.542. The number of aromatic nitrogens is 1. The Bertz CT molecular complexity index is 1100. The number of halogens is 1. The summed E-state index contributed by atoms with van der Waals surface area (Å²) in [6.45, 7) is 0.970. The predicted octanol–water partition coefficient (Wildman–Crippen LogP) is 3.52. The van der Waals surface area contributed by atoms with Gasteiger partial charge in [0, 0.05) is 23.6 Å². The lowest BCUT2D eigenvalue weighted by molar-refractivity contribution is -0.115. The Kier molecular flexibility index (Phi) is 5.13. The minimum Gasteiger partial charge on any atom is -0.486 e. The molecule has 1 aliphatic heterocycles. The van der Waals surface area contributed by atoms with Gasteiger partial charge in [0.2, 0.25) is 5.91 Å². The molecular formula is C18H15ClN2O5S2. The van der Waals surface area contributed by atoms with Crippen LogP contribution in [0.15, 0.2) is 41.3 Å². The number of carbonyl (C=O) groups is 1. The second kappa shape index (κ2) is 7.57. The Balaban J connectivity index is 1.43. The SMILES string of the molecule is O=C(CCS(=O)(=O)c1ccc(Cl)cc1)Nc1nc2cc3c(cc2s1)OCCO3. The van der Waals surface area contributed by atoms with E-state index in [1.165, 1.54) is 35.6 Å². The topological polar surface area (TPSA) is 94.6 Å². The van der Waals surface area contributed by atoms with Crippen LogP contribution in [0.25, 0.3) is 10.2 Å². The Morgan fingerprint density at radius 1 is 1.14 bits per heavy atom. The van der Waals surface area contributed by atoms with Gasteiger partial charge in [-0.15, -0.1) is 0 Å². The first kappa shape index (κ1) is 19.0. The van der Waals surface area contributed by atoms with Gasteiger partial charge in [-0.25, -0.2) is 13.4 Å². The normalized spacial score (nSPS) is 13.5. The molecule has 4 rings (SSSR count). The number of benzene rings is 2. The van der Waals surface area contributed by atoms with E-state index in [0.29, 0.717) is 40.4 Å². The summed E-state index contributed by atoms with van der Waals surface area (Å²) in [6.07, 6.45) is -0.177. The number of anilines is 1. The van der Waals surface area contributed by atoms with Crippen LogP contribution in [-0.4, -0.2) is 38.3 Å². The van der Waals surface area contributed by atoms with Crippen LogP contribution >= 0.6 is 22.9 Å². The zero-order valence-electron chi connectivity index (χ0n) is 14.5. The van der Waals surface area contributed by atoms with Crippen LogP contribution in [0.3, 0.4) is 0 Å². The van der Waals surface area contributed by atoms with E-state index < -0.39 is 15.7 Å². The van der Waals surface area contributed by atoms with E-state index in [1.807, 2.05) is 6.07 Å². The Morgan fingerprint density at radius 2 is 1.82 bits per heavy atom. The molecule has 2 aromatic carbocycles. The van der Waals surface area contributed by atoms with Crippen molar-refractivity contribution in [1.82, 2.24) is 4.98 Å². The van der Waals surface area contributed by atoms with Crippen molar-refractivity contribution in [2.75, 3.05) is 24.3 Å². The highest BCUT2D eigenvalue weighted by atomic mass is 35.5. The van der Waals surface area contributed by atoms with Gasteiger partial charge in [-0.3, -0.25) is 4.79 Å². The number of carbonyl (C=O) groups excluding carboxylic acids is 1. The number of amides is 1. The second-order valence-electron chi connectivity index (χ2n) is 6.05. The number of rotatable bonds is 5. The maximum Gasteiger partial charge on any atom is 0.227 e. The van der Waals surface area contributed by atoms with E-state index in [2.05, 4.69) is 10.3 Å². The van der Waals surface area contributed by atoms with Crippen molar-refractivity contribution in [3.63, 3.8) is 0 Å². The van der Waals surface area contributed by atoms with Crippen molar-refractivity contribution < 1.29 is 22.7 Å². The molecule has 0 unspecified atom stereocenters. The molecule has 28 heavy (non-hydrogen) atoms. The van der Waals surface area contributed by atoms with Gasteiger partial charge in [-0.1, -0.05) is 22.9 Å². The first-order chi connectivity index (χ1) is 13.4. The van der Waals surface area contributed by atoms with Gasteiger partial charge in [-0.2, -0.15) is 0 Å². The van der Waals surface area contributed by atoms with E-state index in [9.17, 15) is 13.2 Å². The van der Waals surface area contributed by atoms with Gasteiger partial charge in [0.15, 0.2) is 26.5 Å². The number of fused-ring (bicyclic) bond motifs is 2. The van der Waals surface area contributed by atoms with Crippen LogP contribution in [0, 0.1) is 0 Å². The molecular weight excluding hydrogens is 424 g/mol. The first-order valence-corrected chi connectivity index (χ1v) is 11.2. The molecule has 0 fully saturated rings. The van der Waals surface area contributed by atoms with Crippen molar-refractivity contribution in [3.05, 3.63) is 41.4 Å². The molecule has 0 bridgehead atoms. The average molecular weight is 439 g/mol. The number of ether oxygens (including phenoxy) is 2. The molecule has 1 N–H and O–H groups in total. The van der Waals surface area contributed by atoms with Crippen molar-refractivity contribution in [3.8, 4) is 11.5 Å². The van der Waals surface area contributed by atoms with Crippen molar-refractivity contribution in [1.29, 1.82) is 0 Å². The fourth-order valence-corrected chi connectivity index (χ4v) is 4.95. The third-order valence-electron chi connectivity index (χ3n) is 4.07. The molecule has 2 heterocycles. The smallest absolute Gasteiger partial charge is 0.227 e. The molecule has 1 amide bonds. The standard InChI is InChI=1S/C18H15ClN2O5S2/c19-11-1-3-12(4-2-11)28(23,24)8-5-17(22)21-18-20-13-9-14-15(10-16(13)27-18)26-7-6-25-14/h1-4,9-10H,5-8H2,(H,20,21,22). The number of sulfone groups is 1. The van der Waals surface area contributed by atoms with Crippen LogP contribution in [-0.2, 0) is 14.6 Å². The van der Waals surface area contributed by atoms with E-state index >= 15 is 0 Å². The Hall–Kier alpha value is -2.36. The molecule has 0 radical (unpaired) electrons. The molecule has 10 heteroatoms. The number of thiazole rings is 1. The molecule has 146 valence electrons. The number of nitrogens with zero attached hydrogens (tertiary/aromatic N) is 1. The second-order valence-corrected chi connectivity index (χ2v) is 9.63. The van der Waals surface area contributed by atoms with Gasteiger partial charge in [0.25, 0.3) is 0 Å². The third-order valence-corrected chi connectivity index (χ3v) is 6.99. The molecule has 0 aliphatic carbocycles. The number of hydrogen-bond acceptors (Lipinski definition) is 7. The van der Waals surface area contributed by atoms with Crippen molar-refractivity contribution in [2.45, 2.75) is 11.3 Å².